The molecule has 0 saturated heterocycles. The Balaban J connectivity index is 1.50. The van der Waals surface area contributed by atoms with Crippen LogP contribution in [0.15, 0.2) is 42.5 Å². The zero-order valence-electron chi connectivity index (χ0n) is 15.6. The predicted octanol–water partition coefficient (Wildman–Crippen LogP) is 7.16. The lowest BCUT2D eigenvalue weighted by atomic mass is 9.70. The highest BCUT2D eigenvalue weighted by atomic mass is 19.1. The average molecular weight is 346 g/mol. The first-order chi connectivity index (χ1) is 12.7. The van der Waals surface area contributed by atoms with Crippen LogP contribution in [0.25, 0.3) is 11.1 Å². The Morgan fingerprint density at radius 1 is 0.692 bits per heavy atom. The summed E-state index contributed by atoms with van der Waals surface area (Å²) in [5.41, 5.74) is 4.41. The lowest BCUT2D eigenvalue weighted by Crippen LogP contribution is -2.11. The molecule has 2 fully saturated rings. The van der Waals surface area contributed by atoms with Gasteiger partial charge in [-0.05, 0) is 65.8 Å². The monoisotopic (exact) mass is 346 g/mol. The van der Waals surface area contributed by atoms with Crippen molar-refractivity contribution in [1.29, 1.82) is 0 Å². The van der Waals surface area contributed by atoms with E-state index in [9.17, 15) is 4.39 Å². The van der Waals surface area contributed by atoms with Gasteiger partial charge in [-0.25, -0.2) is 4.39 Å². The molecule has 2 radical (unpaired) electrons. The highest BCUT2D eigenvalue weighted by molar-refractivity contribution is 6.11. The van der Waals surface area contributed by atoms with Crippen molar-refractivity contribution in [2.24, 2.45) is 0 Å². The van der Waals surface area contributed by atoms with Crippen molar-refractivity contribution in [2.45, 2.75) is 75.4 Å². The smallest absolute Gasteiger partial charge is 0.127 e. The summed E-state index contributed by atoms with van der Waals surface area (Å²) in [6, 6.07) is 14.6. The Morgan fingerprint density at radius 2 is 1.35 bits per heavy atom. The SMILES string of the molecule is [B]C1CCC(c2ccc(-c3ccc(C4CCCCC4)cc3)cc2F)CC1. The van der Waals surface area contributed by atoms with E-state index >= 15 is 0 Å². The molecule has 0 atom stereocenters. The molecule has 2 aliphatic rings. The summed E-state index contributed by atoms with van der Waals surface area (Å²) in [5.74, 6) is 1.29. The fourth-order valence-corrected chi connectivity index (χ4v) is 4.85. The van der Waals surface area contributed by atoms with Crippen LogP contribution < -0.4 is 0 Å². The van der Waals surface area contributed by atoms with Gasteiger partial charge in [-0.15, -0.1) is 0 Å². The number of halogens is 1. The van der Waals surface area contributed by atoms with Crippen molar-refractivity contribution < 1.29 is 4.39 Å². The van der Waals surface area contributed by atoms with Gasteiger partial charge in [0.25, 0.3) is 0 Å². The van der Waals surface area contributed by atoms with Gasteiger partial charge < -0.3 is 0 Å². The van der Waals surface area contributed by atoms with Crippen molar-refractivity contribution in [3.63, 3.8) is 0 Å². The first-order valence-corrected chi connectivity index (χ1v) is 10.4. The molecule has 26 heavy (non-hydrogen) atoms. The van der Waals surface area contributed by atoms with E-state index in [2.05, 4.69) is 30.3 Å². The molecule has 0 spiro atoms. The molecule has 2 saturated carbocycles. The molecular formula is C24H28BF. The van der Waals surface area contributed by atoms with Crippen molar-refractivity contribution in [3.8, 4) is 11.1 Å². The third-order valence-corrected chi connectivity index (χ3v) is 6.53. The molecule has 2 aliphatic carbocycles. The number of rotatable bonds is 3. The number of benzene rings is 2. The van der Waals surface area contributed by atoms with Gasteiger partial charge in [0.1, 0.15) is 5.82 Å². The molecule has 0 aliphatic heterocycles. The summed E-state index contributed by atoms with van der Waals surface area (Å²) in [6.07, 6.45) is 10.7. The Hall–Kier alpha value is -1.57. The molecule has 134 valence electrons. The third-order valence-electron chi connectivity index (χ3n) is 6.53. The molecule has 4 rings (SSSR count). The highest BCUT2D eigenvalue weighted by Gasteiger charge is 2.22. The van der Waals surface area contributed by atoms with Gasteiger partial charge in [-0.1, -0.05) is 74.3 Å². The van der Waals surface area contributed by atoms with E-state index in [1.807, 2.05) is 6.07 Å². The zero-order chi connectivity index (χ0) is 17.9. The molecule has 2 aromatic carbocycles. The molecule has 0 heterocycles. The average Bonchev–Trinajstić information content (AvgIpc) is 2.70. The topological polar surface area (TPSA) is 0 Å². The Bertz CT molecular complexity index is 722. The van der Waals surface area contributed by atoms with Gasteiger partial charge in [0.15, 0.2) is 0 Å². The van der Waals surface area contributed by atoms with Crippen LogP contribution in [-0.4, -0.2) is 7.85 Å². The lowest BCUT2D eigenvalue weighted by molar-refractivity contribution is 0.430. The Kier molecular flexibility index (Phi) is 5.48. The van der Waals surface area contributed by atoms with E-state index in [1.54, 1.807) is 6.07 Å². The van der Waals surface area contributed by atoms with Crippen molar-refractivity contribution in [2.75, 3.05) is 0 Å². The van der Waals surface area contributed by atoms with E-state index in [0.717, 1.165) is 48.3 Å². The summed E-state index contributed by atoms with van der Waals surface area (Å²) in [6.45, 7) is 0. The molecule has 0 aromatic heterocycles. The van der Waals surface area contributed by atoms with Gasteiger partial charge in [-0.3, -0.25) is 0 Å². The lowest BCUT2D eigenvalue weighted by Gasteiger charge is -2.27. The molecule has 0 bridgehead atoms. The van der Waals surface area contributed by atoms with Crippen molar-refractivity contribution >= 4 is 7.85 Å². The predicted molar refractivity (Wildman–Crippen MR) is 108 cm³/mol. The van der Waals surface area contributed by atoms with Gasteiger partial charge in [0, 0.05) is 0 Å². The van der Waals surface area contributed by atoms with E-state index in [-0.39, 0.29) is 5.82 Å². The fourth-order valence-electron chi connectivity index (χ4n) is 4.85. The standard InChI is InChI=1S/C24H28BF/c25-22-13-10-20(11-14-22)23-15-12-21(16-24(23)26)19-8-6-18(7-9-19)17-4-2-1-3-5-17/h6-9,12,15-17,20,22H,1-5,10-11,13-14H2. The normalized spacial score (nSPS) is 24.5. The van der Waals surface area contributed by atoms with E-state index in [0.29, 0.717) is 11.7 Å². The second-order valence-corrected chi connectivity index (χ2v) is 8.30. The Morgan fingerprint density at radius 3 is 2.00 bits per heavy atom. The maximum Gasteiger partial charge on any atom is 0.127 e. The molecule has 0 unspecified atom stereocenters. The third kappa shape index (κ3) is 3.90. The molecule has 0 amide bonds. The van der Waals surface area contributed by atoms with Crippen LogP contribution in [0, 0.1) is 5.82 Å². The summed E-state index contributed by atoms with van der Waals surface area (Å²) < 4.78 is 14.8. The molecule has 2 aromatic rings. The van der Waals surface area contributed by atoms with Crippen LogP contribution in [0.3, 0.4) is 0 Å². The largest absolute Gasteiger partial charge is 0.207 e. The van der Waals surface area contributed by atoms with Crippen LogP contribution in [-0.2, 0) is 0 Å². The first kappa shape index (κ1) is 17.8. The van der Waals surface area contributed by atoms with Crippen LogP contribution in [0.5, 0.6) is 0 Å². The van der Waals surface area contributed by atoms with Crippen LogP contribution in [0.1, 0.15) is 80.8 Å². The maximum absolute atomic E-state index is 14.8. The molecule has 0 N–H and O–H groups in total. The number of hydrogen-bond acceptors (Lipinski definition) is 0. The molecule has 2 heteroatoms. The summed E-state index contributed by atoms with van der Waals surface area (Å²) in [4.78, 5) is 0. The Labute approximate surface area is 158 Å². The van der Waals surface area contributed by atoms with Gasteiger partial charge in [-0.2, -0.15) is 0 Å². The fraction of sp³-hybridized carbons (Fsp3) is 0.500. The second kappa shape index (κ2) is 7.98. The summed E-state index contributed by atoms with van der Waals surface area (Å²) >= 11 is 0. The van der Waals surface area contributed by atoms with Crippen LogP contribution in [0.4, 0.5) is 4.39 Å². The van der Waals surface area contributed by atoms with Crippen molar-refractivity contribution in [3.05, 3.63) is 59.4 Å². The first-order valence-electron chi connectivity index (χ1n) is 10.4. The van der Waals surface area contributed by atoms with Gasteiger partial charge >= 0.3 is 0 Å². The summed E-state index contributed by atoms with van der Waals surface area (Å²) in [7, 11) is 5.99. The minimum absolute atomic E-state index is 0.0562. The minimum Gasteiger partial charge on any atom is -0.207 e. The quantitative estimate of drug-likeness (QED) is 0.517. The van der Waals surface area contributed by atoms with Crippen LogP contribution >= 0.6 is 0 Å². The molecule has 0 nitrogen and oxygen atoms in total. The van der Waals surface area contributed by atoms with Crippen LogP contribution in [0.2, 0.25) is 5.82 Å². The zero-order valence-corrected chi connectivity index (χ0v) is 15.6. The van der Waals surface area contributed by atoms with E-state index in [1.165, 1.54) is 37.7 Å². The van der Waals surface area contributed by atoms with Gasteiger partial charge in [0.2, 0.25) is 0 Å². The molecular weight excluding hydrogens is 318 g/mol. The number of hydrogen-bond donors (Lipinski definition) is 0. The second-order valence-electron chi connectivity index (χ2n) is 8.30. The van der Waals surface area contributed by atoms with Crippen molar-refractivity contribution in [1.82, 2.24) is 0 Å². The van der Waals surface area contributed by atoms with E-state index < -0.39 is 0 Å². The highest BCUT2D eigenvalue weighted by Crippen LogP contribution is 2.39. The minimum atomic E-state index is -0.0562. The maximum atomic E-state index is 14.8. The van der Waals surface area contributed by atoms with Gasteiger partial charge in [0.05, 0.1) is 7.85 Å². The van der Waals surface area contributed by atoms with E-state index in [4.69, 9.17) is 7.85 Å². The summed E-state index contributed by atoms with van der Waals surface area (Å²) in [5, 5.41) is 0.